The fraction of sp³-hybridized carbons (Fsp3) is 0.346. The number of carbonyl (C=O) groups is 2. The number of nitrogens with zero attached hydrogens (tertiary/aromatic N) is 2. The molecule has 3 heterocycles. The summed E-state index contributed by atoms with van der Waals surface area (Å²) < 4.78 is 12.6. The molecule has 0 aliphatic carbocycles. The Morgan fingerprint density at radius 1 is 1.11 bits per heavy atom. The van der Waals surface area contributed by atoms with Crippen LogP contribution in [0.2, 0.25) is 0 Å². The van der Waals surface area contributed by atoms with Crippen LogP contribution in [-0.2, 0) is 19.5 Å². The Balaban J connectivity index is 1.55. The van der Waals surface area contributed by atoms with Gasteiger partial charge in [-0.1, -0.05) is 0 Å². The van der Waals surface area contributed by atoms with Gasteiger partial charge in [0, 0.05) is 49.9 Å². The van der Waals surface area contributed by atoms with Crippen LogP contribution in [0.15, 0.2) is 52.0 Å². The van der Waals surface area contributed by atoms with E-state index >= 15 is 0 Å². The third kappa shape index (κ3) is 5.57. The molecule has 0 bridgehead atoms. The predicted molar refractivity (Wildman–Crippen MR) is 135 cm³/mol. The average Bonchev–Trinajstić information content (AvgIpc) is 3.27. The van der Waals surface area contributed by atoms with Crippen LogP contribution < -0.4 is 20.3 Å². The van der Waals surface area contributed by atoms with Crippen LogP contribution in [0.3, 0.4) is 0 Å². The molecule has 184 valence electrons. The summed E-state index contributed by atoms with van der Waals surface area (Å²) in [5, 5.41) is 6.85. The molecule has 0 atom stereocenters. The summed E-state index contributed by atoms with van der Waals surface area (Å²) >= 11 is 1.56. The highest BCUT2D eigenvalue weighted by molar-refractivity contribution is 7.07. The number of rotatable bonds is 7. The van der Waals surface area contributed by atoms with Gasteiger partial charge in [-0.05, 0) is 60.5 Å². The Morgan fingerprint density at radius 2 is 1.89 bits per heavy atom. The molecule has 3 aromatic rings. The number of amides is 2. The number of hydrogen-bond acceptors (Lipinski definition) is 6. The zero-order valence-corrected chi connectivity index (χ0v) is 20.9. The molecule has 0 radical (unpaired) electrons. The first kappa shape index (κ1) is 24.5. The van der Waals surface area contributed by atoms with Crippen molar-refractivity contribution in [1.29, 1.82) is 0 Å². The van der Waals surface area contributed by atoms with Crippen molar-refractivity contribution in [3.8, 4) is 11.5 Å². The van der Waals surface area contributed by atoms with Crippen LogP contribution in [0.4, 0.5) is 0 Å². The number of thiophene rings is 1. The topological polar surface area (TPSA) is 89.9 Å². The van der Waals surface area contributed by atoms with Gasteiger partial charge in [0.15, 0.2) is 0 Å². The number of benzene rings is 1. The summed E-state index contributed by atoms with van der Waals surface area (Å²) in [5.41, 5.74) is 2.21. The Hall–Kier alpha value is -3.59. The van der Waals surface area contributed by atoms with E-state index in [0.29, 0.717) is 55.2 Å². The molecule has 9 heteroatoms. The Bertz CT molecular complexity index is 1250. The zero-order valence-electron chi connectivity index (χ0n) is 20.1. The minimum absolute atomic E-state index is 0.0487. The lowest BCUT2D eigenvalue weighted by Crippen LogP contribution is -2.34. The summed E-state index contributed by atoms with van der Waals surface area (Å²) in [7, 11) is 1.45. The maximum atomic E-state index is 13.2. The summed E-state index contributed by atoms with van der Waals surface area (Å²) in [6, 6.07) is 10.3. The van der Waals surface area contributed by atoms with Gasteiger partial charge in [-0.2, -0.15) is 11.3 Å². The van der Waals surface area contributed by atoms with E-state index in [1.165, 1.54) is 13.2 Å². The van der Waals surface area contributed by atoms with Crippen molar-refractivity contribution in [2.75, 3.05) is 20.2 Å². The van der Waals surface area contributed by atoms with Crippen LogP contribution in [0.5, 0.6) is 11.5 Å². The third-order valence-corrected chi connectivity index (χ3v) is 6.57. The molecule has 35 heavy (non-hydrogen) atoms. The summed E-state index contributed by atoms with van der Waals surface area (Å²) in [4.78, 5) is 40.9. The van der Waals surface area contributed by atoms with Crippen molar-refractivity contribution < 1.29 is 19.1 Å². The number of methoxy groups -OCH3 is 1. The number of fused-ring (bicyclic) bond motifs is 1. The highest BCUT2D eigenvalue weighted by atomic mass is 32.1. The first-order valence-electron chi connectivity index (χ1n) is 11.5. The molecule has 4 rings (SSSR count). The minimum Gasteiger partial charge on any atom is -0.496 e. The van der Waals surface area contributed by atoms with E-state index in [4.69, 9.17) is 9.47 Å². The van der Waals surface area contributed by atoms with Crippen molar-refractivity contribution in [2.24, 2.45) is 0 Å². The van der Waals surface area contributed by atoms with E-state index in [0.717, 1.165) is 5.56 Å². The van der Waals surface area contributed by atoms with Crippen LogP contribution in [-0.4, -0.2) is 47.6 Å². The molecule has 1 aromatic carbocycles. The fourth-order valence-corrected chi connectivity index (χ4v) is 4.82. The van der Waals surface area contributed by atoms with Crippen molar-refractivity contribution >= 4 is 23.2 Å². The largest absolute Gasteiger partial charge is 0.496 e. The lowest BCUT2D eigenvalue weighted by atomic mass is 10.1. The summed E-state index contributed by atoms with van der Waals surface area (Å²) in [6.07, 6.45) is 0.404. The first-order valence-corrected chi connectivity index (χ1v) is 12.5. The summed E-state index contributed by atoms with van der Waals surface area (Å²) in [6.45, 7) is 5.30. The van der Waals surface area contributed by atoms with Crippen molar-refractivity contribution in [3.63, 3.8) is 0 Å². The van der Waals surface area contributed by atoms with E-state index in [1.807, 2.05) is 30.7 Å². The molecule has 0 saturated heterocycles. The van der Waals surface area contributed by atoms with Gasteiger partial charge in [0.05, 0.1) is 13.2 Å². The Labute approximate surface area is 208 Å². The number of carbonyl (C=O) groups excluding carboxylic acids is 2. The number of nitrogens with one attached hydrogen (secondary N) is 1. The van der Waals surface area contributed by atoms with Crippen LogP contribution in [0.25, 0.3) is 0 Å². The van der Waals surface area contributed by atoms with Crippen molar-refractivity contribution in [1.82, 2.24) is 14.8 Å². The SMILES string of the molecule is COc1cc(=O)n2c(c1C(=O)NCc1ccsc1)CCN(C(=O)c1ccc(OC(C)C)cc1)CC2. The van der Waals surface area contributed by atoms with Crippen LogP contribution in [0, 0.1) is 0 Å². The Morgan fingerprint density at radius 3 is 2.54 bits per heavy atom. The first-order chi connectivity index (χ1) is 16.9. The molecule has 0 fully saturated rings. The molecule has 0 saturated carbocycles. The highest BCUT2D eigenvalue weighted by Gasteiger charge is 2.27. The lowest BCUT2D eigenvalue weighted by molar-refractivity contribution is 0.0759. The maximum Gasteiger partial charge on any atom is 0.257 e. The standard InChI is InChI=1S/C26H29N3O5S/c1-17(2)34-20-6-4-19(5-7-20)26(32)28-10-8-21-24(25(31)27-15-18-9-13-35-16-18)22(33-3)14-23(30)29(21)12-11-28/h4-7,9,13-14,16-17H,8,10-12,15H2,1-3H3,(H,27,31). The molecule has 0 unspecified atom stereocenters. The molecule has 8 nitrogen and oxygen atoms in total. The lowest BCUT2D eigenvalue weighted by Gasteiger charge is -2.20. The second-order valence-electron chi connectivity index (χ2n) is 8.57. The average molecular weight is 496 g/mol. The van der Waals surface area contributed by atoms with E-state index in [-0.39, 0.29) is 29.2 Å². The number of pyridine rings is 1. The third-order valence-electron chi connectivity index (χ3n) is 5.83. The van der Waals surface area contributed by atoms with Crippen LogP contribution in [0.1, 0.15) is 45.8 Å². The molecule has 0 spiro atoms. The zero-order chi connectivity index (χ0) is 24.9. The van der Waals surface area contributed by atoms with Gasteiger partial charge >= 0.3 is 0 Å². The molecule has 1 N–H and O–H groups in total. The molecule has 2 aromatic heterocycles. The second kappa shape index (κ2) is 10.8. The maximum absolute atomic E-state index is 13.2. The minimum atomic E-state index is -0.308. The quantitative estimate of drug-likeness (QED) is 0.543. The predicted octanol–water partition coefficient (Wildman–Crippen LogP) is 3.33. The smallest absolute Gasteiger partial charge is 0.257 e. The van der Waals surface area contributed by atoms with Gasteiger partial charge in [0.1, 0.15) is 17.1 Å². The van der Waals surface area contributed by atoms with Gasteiger partial charge in [-0.3, -0.25) is 14.4 Å². The van der Waals surface area contributed by atoms with E-state index in [2.05, 4.69) is 5.32 Å². The molecule has 2 amide bonds. The monoisotopic (exact) mass is 495 g/mol. The number of aromatic nitrogens is 1. The second-order valence-corrected chi connectivity index (χ2v) is 9.35. The van der Waals surface area contributed by atoms with Crippen molar-refractivity contribution in [3.05, 3.63) is 79.9 Å². The van der Waals surface area contributed by atoms with Gasteiger partial charge < -0.3 is 24.3 Å². The van der Waals surface area contributed by atoms with E-state index in [9.17, 15) is 14.4 Å². The van der Waals surface area contributed by atoms with Gasteiger partial charge in [-0.25, -0.2) is 0 Å². The molecule has 1 aliphatic rings. The molecular formula is C26H29N3O5S. The molecular weight excluding hydrogens is 466 g/mol. The summed E-state index contributed by atoms with van der Waals surface area (Å²) in [5.74, 6) is 0.510. The van der Waals surface area contributed by atoms with E-state index < -0.39 is 0 Å². The number of hydrogen-bond donors (Lipinski definition) is 1. The normalized spacial score (nSPS) is 13.2. The highest BCUT2D eigenvalue weighted by Crippen LogP contribution is 2.24. The van der Waals surface area contributed by atoms with Crippen LogP contribution >= 0.6 is 11.3 Å². The van der Waals surface area contributed by atoms with Gasteiger partial charge in [-0.15, -0.1) is 0 Å². The fourth-order valence-electron chi connectivity index (χ4n) is 4.15. The van der Waals surface area contributed by atoms with Gasteiger partial charge in [0.25, 0.3) is 17.4 Å². The van der Waals surface area contributed by atoms with Gasteiger partial charge in [0.2, 0.25) is 0 Å². The Kier molecular flexibility index (Phi) is 7.55. The van der Waals surface area contributed by atoms with Crippen molar-refractivity contribution in [2.45, 2.75) is 39.5 Å². The molecule has 1 aliphatic heterocycles. The van der Waals surface area contributed by atoms with E-state index in [1.54, 1.807) is 45.1 Å². The number of ether oxygens (including phenoxy) is 2.